The third-order valence-electron chi connectivity index (χ3n) is 1.48. The molecule has 1 aromatic rings. The molecule has 1 aromatic heterocycles. The first kappa shape index (κ1) is 9.17. The molecule has 1 rings (SSSR count). The van der Waals surface area contributed by atoms with Crippen LogP contribution in [0, 0.1) is 11.3 Å². The Morgan fingerprint density at radius 3 is 2.92 bits per heavy atom. The van der Waals surface area contributed by atoms with Crippen LogP contribution in [0.2, 0.25) is 0 Å². The zero-order chi connectivity index (χ0) is 8.97. The molecule has 62 valence electrons. The fraction of sp³-hybridized carbons (Fsp3) is 0.250. The van der Waals surface area contributed by atoms with Gasteiger partial charge >= 0.3 is 0 Å². The summed E-state index contributed by atoms with van der Waals surface area (Å²) in [6.45, 7) is 0. The van der Waals surface area contributed by atoms with Gasteiger partial charge in [-0.25, -0.2) is 0 Å². The Kier molecular flexibility index (Phi) is 3.20. The minimum Gasteiger partial charge on any atom is -0.301 e. The summed E-state index contributed by atoms with van der Waals surface area (Å²) in [5, 5.41) is 11.6. The highest BCUT2D eigenvalue weighted by molar-refractivity contribution is 9.10. The number of rotatable bonds is 2. The number of nitrogens with zero attached hydrogens (tertiary/aromatic N) is 2. The minimum absolute atomic E-state index is 0.282. The van der Waals surface area contributed by atoms with Crippen LogP contribution in [0.5, 0.6) is 0 Å². The van der Waals surface area contributed by atoms with Crippen LogP contribution in [0.25, 0.3) is 0 Å². The second-order valence-corrected chi connectivity index (χ2v) is 3.20. The van der Waals surface area contributed by atoms with E-state index in [1.807, 2.05) is 6.07 Å². The van der Waals surface area contributed by atoms with Crippen molar-refractivity contribution in [3.8, 4) is 6.07 Å². The number of hydrogen-bond donors (Lipinski definition) is 1. The molecule has 0 aliphatic heterocycles. The molecule has 0 radical (unpaired) electrons. The summed E-state index contributed by atoms with van der Waals surface area (Å²) in [4.78, 5) is 3.96. The fourth-order valence-corrected chi connectivity index (χ4v) is 1.27. The highest BCUT2D eigenvalue weighted by Crippen LogP contribution is 2.15. The van der Waals surface area contributed by atoms with Crippen molar-refractivity contribution in [2.24, 2.45) is 0 Å². The Morgan fingerprint density at radius 2 is 2.42 bits per heavy atom. The van der Waals surface area contributed by atoms with Crippen LogP contribution < -0.4 is 5.32 Å². The molecular weight excluding hydrogens is 218 g/mol. The molecule has 1 unspecified atom stereocenters. The summed E-state index contributed by atoms with van der Waals surface area (Å²) in [5.41, 5.74) is 0.870. The van der Waals surface area contributed by atoms with E-state index in [-0.39, 0.29) is 6.04 Å². The maximum absolute atomic E-state index is 8.71. The van der Waals surface area contributed by atoms with Gasteiger partial charge in [-0.15, -0.1) is 0 Å². The van der Waals surface area contributed by atoms with Crippen molar-refractivity contribution < 1.29 is 0 Å². The Bertz CT molecular complexity index is 305. The minimum atomic E-state index is -0.282. The monoisotopic (exact) mass is 225 g/mol. The van der Waals surface area contributed by atoms with Gasteiger partial charge in [-0.05, 0) is 29.0 Å². The van der Waals surface area contributed by atoms with Crippen molar-refractivity contribution in [2.75, 3.05) is 7.05 Å². The summed E-state index contributed by atoms with van der Waals surface area (Å²) in [7, 11) is 1.74. The molecule has 0 fully saturated rings. The third-order valence-corrected chi connectivity index (χ3v) is 1.91. The zero-order valence-corrected chi connectivity index (χ0v) is 8.17. The standard InChI is InChI=1S/C8H8BrN3/c1-11-8(3-10)6-2-7(9)5-12-4-6/h2,4-5,8,11H,1H3. The predicted molar refractivity (Wildman–Crippen MR) is 49.4 cm³/mol. The lowest BCUT2D eigenvalue weighted by Crippen LogP contribution is -2.14. The lowest BCUT2D eigenvalue weighted by atomic mass is 10.1. The fourth-order valence-electron chi connectivity index (χ4n) is 0.892. The Hall–Kier alpha value is -0.920. The van der Waals surface area contributed by atoms with Crippen molar-refractivity contribution >= 4 is 15.9 Å². The van der Waals surface area contributed by atoms with Crippen molar-refractivity contribution in [2.45, 2.75) is 6.04 Å². The Balaban J connectivity index is 2.95. The summed E-state index contributed by atoms with van der Waals surface area (Å²) >= 11 is 3.29. The van der Waals surface area contributed by atoms with Gasteiger partial charge in [-0.3, -0.25) is 4.98 Å². The van der Waals surface area contributed by atoms with E-state index < -0.39 is 0 Å². The quantitative estimate of drug-likeness (QED) is 0.833. The predicted octanol–water partition coefficient (Wildman–Crippen LogP) is 1.63. The van der Waals surface area contributed by atoms with Gasteiger partial charge in [0, 0.05) is 22.4 Å². The number of nitriles is 1. The molecule has 0 bridgehead atoms. The zero-order valence-electron chi connectivity index (χ0n) is 6.58. The molecule has 1 N–H and O–H groups in total. The van der Waals surface area contributed by atoms with Gasteiger partial charge in [0.05, 0.1) is 6.07 Å². The van der Waals surface area contributed by atoms with Crippen molar-refractivity contribution in [1.82, 2.24) is 10.3 Å². The van der Waals surface area contributed by atoms with E-state index in [9.17, 15) is 0 Å². The van der Waals surface area contributed by atoms with E-state index in [2.05, 4.69) is 32.3 Å². The molecule has 0 saturated heterocycles. The topological polar surface area (TPSA) is 48.7 Å². The van der Waals surface area contributed by atoms with Gasteiger partial charge in [0.1, 0.15) is 6.04 Å². The number of pyridine rings is 1. The van der Waals surface area contributed by atoms with Gasteiger partial charge in [0.2, 0.25) is 0 Å². The first-order chi connectivity index (χ1) is 5.77. The molecule has 4 heteroatoms. The largest absolute Gasteiger partial charge is 0.301 e. The lowest BCUT2D eigenvalue weighted by molar-refractivity contribution is 0.723. The smallest absolute Gasteiger partial charge is 0.122 e. The normalized spacial score (nSPS) is 12.1. The number of aromatic nitrogens is 1. The van der Waals surface area contributed by atoms with Gasteiger partial charge in [0.25, 0.3) is 0 Å². The van der Waals surface area contributed by atoms with Gasteiger partial charge in [-0.2, -0.15) is 5.26 Å². The molecule has 12 heavy (non-hydrogen) atoms. The Morgan fingerprint density at radius 1 is 1.67 bits per heavy atom. The summed E-state index contributed by atoms with van der Waals surface area (Å²) in [6, 6.07) is 3.71. The van der Waals surface area contributed by atoms with Crippen LogP contribution in [-0.4, -0.2) is 12.0 Å². The molecule has 1 atom stereocenters. The summed E-state index contributed by atoms with van der Waals surface area (Å²) in [5.74, 6) is 0. The van der Waals surface area contributed by atoms with Crippen LogP contribution in [-0.2, 0) is 0 Å². The lowest BCUT2D eigenvalue weighted by Gasteiger charge is -2.06. The maximum Gasteiger partial charge on any atom is 0.122 e. The first-order valence-corrected chi connectivity index (χ1v) is 4.24. The Labute approximate surface area is 79.6 Å². The summed E-state index contributed by atoms with van der Waals surface area (Å²) in [6.07, 6.45) is 3.36. The van der Waals surface area contributed by atoms with Crippen LogP contribution >= 0.6 is 15.9 Å². The molecule has 0 aliphatic carbocycles. The average Bonchev–Trinajstić information content (AvgIpc) is 2.07. The van der Waals surface area contributed by atoms with Crippen LogP contribution in [0.3, 0.4) is 0 Å². The average molecular weight is 226 g/mol. The van der Waals surface area contributed by atoms with Crippen LogP contribution in [0.1, 0.15) is 11.6 Å². The molecule has 0 spiro atoms. The van der Waals surface area contributed by atoms with E-state index in [4.69, 9.17) is 5.26 Å². The maximum atomic E-state index is 8.71. The van der Waals surface area contributed by atoms with Gasteiger partial charge < -0.3 is 5.32 Å². The van der Waals surface area contributed by atoms with Crippen LogP contribution in [0.4, 0.5) is 0 Å². The molecular formula is C8H8BrN3. The van der Waals surface area contributed by atoms with Crippen molar-refractivity contribution in [1.29, 1.82) is 5.26 Å². The molecule has 1 heterocycles. The SMILES string of the molecule is CNC(C#N)c1cncc(Br)c1. The van der Waals surface area contributed by atoms with E-state index in [1.165, 1.54) is 0 Å². The van der Waals surface area contributed by atoms with E-state index in [1.54, 1.807) is 19.4 Å². The number of hydrogen-bond acceptors (Lipinski definition) is 3. The second kappa shape index (κ2) is 4.19. The highest BCUT2D eigenvalue weighted by Gasteiger charge is 2.06. The first-order valence-electron chi connectivity index (χ1n) is 3.45. The molecule has 3 nitrogen and oxygen atoms in total. The summed E-state index contributed by atoms with van der Waals surface area (Å²) < 4.78 is 0.885. The van der Waals surface area contributed by atoms with Gasteiger partial charge in [0.15, 0.2) is 0 Å². The molecule has 0 aliphatic rings. The van der Waals surface area contributed by atoms with Gasteiger partial charge in [-0.1, -0.05) is 0 Å². The van der Waals surface area contributed by atoms with E-state index in [0.29, 0.717) is 0 Å². The molecule has 0 aromatic carbocycles. The third kappa shape index (κ3) is 2.03. The number of nitrogens with one attached hydrogen (secondary N) is 1. The highest BCUT2D eigenvalue weighted by atomic mass is 79.9. The van der Waals surface area contributed by atoms with Crippen molar-refractivity contribution in [3.63, 3.8) is 0 Å². The van der Waals surface area contributed by atoms with E-state index in [0.717, 1.165) is 10.0 Å². The van der Waals surface area contributed by atoms with E-state index >= 15 is 0 Å². The second-order valence-electron chi connectivity index (χ2n) is 2.29. The number of halogens is 1. The van der Waals surface area contributed by atoms with Crippen molar-refractivity contribution in [3.05, 3.63) is 28.5 Å². The molecule has 0 amide bonds. The molecule has 0 saturated carbocycles. The van der Waals surface area contributed by atoms with Crippen LogP contribution in [0.15, 0.2) is 22.9 Å².